The normalized spacial score (nSPS) is 47.3. The van der Waals surface area contributed by atoms with Gasteiger partial charge >= 0.3 is 0 Å². The fourth-order valence-corrected chi connectivity index (χ4v) is 8.03. The van der Waals surface area contributed by atoms with Gasteiger partial charge in [-0.2, -0.15) is 0 Å². The fourth-order valence-electron chi connectivity index (χ4n) is 8.03. The third-order valence-electron chi connectivity index (χ3n) is 9.95. The molecular formula is C26H42O2. The number of fused-ring (bicyclic) bond motifs is 5. The summed E-state index contributed by atoms with van der Waals surface area (Å²) in [6.45, 7) is 10.8. The number of hydrogen-bond donors (Lipinski definition) is 2. The fraction of sp³-hybridized carbons (Fsp3) is 0.846. The van der Waals surface area contributed by atoms with Crippen LogP contribution in [0.3, 0.4) is 0 Å². The Labute approximate surface area is 172 Å². The molecule has 158 valence electrons. The Morgan fingerprint density at radius 1 is 1.18 bits per heavy atom. The highest BCUT2D eigenvalue weighted by atomic mass is 16.3. The van der Waals surface area contributed by atoms with Crippen molar-refractivity contribution in [2.45, 2.75) is 103 Å². The van der Waals surface area contributed by atoms with Crippen LogP contribution in [0.15, 0.2) is 24.3 Å². The van der Waals surface area contributed by atoms with Gasteiger partial charge in [-0.3, -0.25) is 0 Å². The Balaban J connectivity index is 1.47. The van der Waals surface area contributed by atoms with E-state index < -0.39 is 5.60 Å². The molecule has 8 atom stereocenters. The molecule has 2 nitrogen and oxygen atoms in total. The average Bonchev–Trinajstić information content (AvgIpc) is 2.99. The van der Waals surface area contributed by atoms with Crippen LogP contribution in [0.4, 0.5) is 0 Å². The largest absolute Gasteiger partial charge is 0.393 e. The van der Waals surface area contributed by atoms with Gasteiger partial charge in [0.25, 0.3) is 0 Å². The molecule has 0 aromatic rings. The van der Waals surface area contributed by atoms with Crippen LogP contribution < -0.4 is 0 Å². The van der Waals surface area contributed by atoms with E-state index in [1.54, 1.807) is 11.6 Å². The van der Waals surface area contributed by atoms with E-state index in [2.05, 4.69) is 26.5 Å². The van der Waals surface area contributed by atoms with Crippen LogP contribution in [-0.4, -0.2) is 21.9 Å². The summed E-state index contributed by atoms with van der Waals surface area (Å²) in [4.78, 5) is 0. The van der Waals surface area contributed by atoms with E-state index >= 15 is 0 Å². The molecule has 0 aromatic heterocycles. The zero-order valence-corrected chi connectivity index (χ0v) is 18.4. The van der Waals surface area contributed by atoms with Gasteiger partial charge in [0, 0.05) is 0 Å². The van der Waals surface area contributed by atoms with Crippen molar-refractivity contribution in [1.82, 2.24) is 0 Å². The van der Waals surface area contributed by atoms with Crippen LogP contribution in [0.25, 0.3) is 0 Å². The third-order valence-corrected chi connectivity index (χ3v) is 9.95. The molecule has 0 bridgehead atoms. The van der Waals surface area contributed by atoms with E-state index in [9.17, 15) is 10.2 Å². The Morgan fingerprint density at radius 3 is 2.71 bits per heavy atom. The minimum atomic E-state index is -0.707. The standard InChI is InChI=1S/C26H42O2/c1-5-24(2,28)14-6-7-18-9-11-22-21-10-8-19-17-20(27)12-15-26(19,4)23(21)13-16-25(18,22)3/h5,8,18,20-23,27-28H,1,6-7,9-17H2,2-4H3/t18-,20?,21-,22-,23-,24?,25?,26?/m0/s1. The maximum absolute atomic E-state index is 10.3. The summed E-state index contributed by atoms with van der Waals surface area (Å²) >= 11 is 0. The molecule has 0 heterocycles. The minimum absolute atomic E-state index is 0.103. The van der Waals surface area contributed by atoms with Crippen LogP contribution in [0.1, 0.15) is 91.4 Å². The second kappa shape index (κ2) is 7.27. The molecule has 4 aliphatic rings. The second-order valence-corrected chi connectivity index (χ2v) is 11.4. The lowest BCUT2D eigenvalue weighted by Crippen LogP contribution is -2.50. The van der Waals surface area contributed by atoms with Gasteiger partial charge in [0.05, 0.1) is 11.7 Å². The van der Waals surface area contributed by atoms with Crippen LogP contribution in [0.2, 0.25) is 0 Å². The summed E-state index contributed by atoms with van der Waals surface area (Å²) in [5.74, 6) is 3.38. The molecule has 3 saturated carbocycles. The number of aliphatic hydroxyl groups excluding tert-OH is 1. The summed E-state index contributed by atoms with van der Waals surface area (Å²) in [7, 11) is 0. The molecule has 2 N–H and O–H groups in total. The molecule has 0 saturated heterocycles. The van der Waals surface area contributed by atoms with Gasteiger partial charge in [-0.1, -0.05) is 31.6 Å². The molecule has 0 radical (unpaired) electrons. The smallest absolute Gasteiger partial charge is 0.0797 e. The van der Waals surface area contributed by atoms with Gasteiger partial charge in [0.15, 0.2) is 0 Å². The molecule has 2 heteroatoms. The van der Waals surface area contributed by atoms with E-state index in [4.69, 9.17) is 0 Å². The van der Waals surface area contributed by atoms with Crippen LogP contribution in [0.5, 0.6) is 0 Å². The van der Waals surface area contributed by atoms with Crippen LogP contribution in [0, 0.1) is 34.5 Å². The highest BCUT2D eigenvalue weighted by Gasteiger charge is 2.58. The molecule has 3 fully saturated rings. The van der Waals surface area contributed by atoms with Gasteiger partial charge in [-0.25, -0.2) is 0 Å². The van der Waals surface area contributed by atoms with Crippen molar-refractivity contribution in [2.75, 3.05) is 0 Å². The summed E-state index contributed by atoms with van der Waals surface area (Å²) in [5.41, 5.74) is 1.72. The summed E-state index contributed by atoms with van der Waals surface area (Å²) in [6, 6.07) is 0. The molecule has 0 amide bonds. The molecule has 0 aliphatic heterocycles. The van der Waals surface area contributed by atoms with Gasteiger partial charge in [0.2, 0.25) is 0 Å². The molecule has 4 aliphatic carbocycles. The van der Waals surface area contributed by atoms with Gasteiger partial charge in [0.1, 0.15) is 0 Å². The lowest BCUT2D eigenvalue weighted by Gasteiger charge is -2.58. The first-order chi connectivity index (χ1) is 13.2. The topological polar surface area (TPSA) is 40.5 Å². The highest BCUT2D eigenvalue weighted by Crippen LogP contribution is 2.66. The van der Waals surface area contributed by atoms with E-state index in [0.717, 1.165) is 49.4 Å². The highest BCUT2D eigenvalue weighted by molar-refractivity contribution is 5.25. The first-order valence-corrected chi connectivity index (χ1v) is 11.9. The molecule has 0 aromatic carbocycles. The number of hydrogen-bond acceptors (Lipinski definition) is 2. The number of allylic oxidation sites excluding steroid dienone is 1. The van der Waals surface area contributed by atoms with Crippen molar-refractivity contribution in [3.63, 3.8) is 0 Å². The second-order valence-electron chi connectivity index (χ2n) is 11.4. The molecule has 4 rings (SSSR count). The minimum Gasteiger partial charge on any atom is -0.393 e. The average molecular weight is 387 g/mol. The summed E-state index contributed by atoms with van der Waals surface area (Å²) < 4.78 is 0. The van der Waals surface area contributed by atoms with Crippen molar-refractivity contribution in [1.29, 1.82) is 0 Å². The van der Waals surface area contributed by atoms with E-state index in [1.807, 2.05) is 6.92 Å². The first-order valence-electron chi connectivity index (χ1n) is 11.9. The van der Waals surface area contributed by atoms with E-state index in [1.165, 1.54) is 44.9 Å². The Hall–Kier alpha value is -0.600. The van der Waals surface area contributed by atoms with Crippen molar-refractivity contribution in [3.05, 3.63) is 24.3 Å². The molecular weight excluding hydrogens is 344 g/mol. The van der Waals surface area contributed by atoms with E-state index in [0.29, 0.717) is 10.8 Å². The lowest BCUT2D eigenvalue weighted by atomic mass is 9.47. The summed E-state index contributed by atoms with van der Waals surface area (Å²) in [6.07, 6.45) is 17.3. The Bertz CT molecular complexity index is 634. The van der Waals surface area contributed by atoms with Crippen LogP contribution in [-0.2, 0) is 0 Å². The maximum Gasteiger partial charge on any atom is 0.0797 e. The zero-order chi connectivity index (χ0) is 20.2. The van der Waals surface area contributed by atoms with Crippen molar-refractivity contribution in [3.8, 4) is 0 Å². The van der Waals surface area contributed by atoms with Gasteiger partial charge in [-0.15, -0.1) is 6.58 Å². The van der Waals surface area contributed by atoms with Crippen LogP contribution >= 0.6 is 0 Å². The van der Waals surface area contributed by atoms with Crippen molar-refractivity contribution < 1.29 is 10.2 Å². The third kappa shape index (κ3) is 3.33. The zero-order valence-electron chi connectivity index (χ0n) is 18.4. The number of aliphatic hydroxyl groups is 2. The first kappa shape index (κ1) is 20.7. The predicted octanol–water partition coefficient (Wildman–Crippen LogP) is 6.03. The molecule has 0 spiro atoms. The Morgan fingerprint density at radius 2 is 1.96 bits per heavy atom. The number of rotatable bonds is 5. The van der Waals surface area contributed by atoms with Gasteiger partial charge < -0.3 is 10.2 Å². The van der Waals surface area contributed by atoms with Gasteiger partial charge in [-0.05, 0) is 112 Å². The lowest BCUT2D eigenvalue weighted by molar-refractivity contribution is -0.0513. The van der Waals surface area contributed by atoms with Crippen molar-refractivity contribution in [2.24, 2.45) is 34.5 Å². The SMILES string of the molecule is C=CC(C)(O)CCC[C@H]1CC[C@H]2[C@@H]3CC=C4CC(O)CCC4(C)[C@H]3CCC12C. The summed E-state index contributed by atoms with van der Waals surface area (Å²) in [5, 5.41) is 20.4. The molecule has 28 heavy (non-hydrogen) atoms. The monoisotopic (exact) mass is 386 g/mol. The quantitative estimate of drug-likeness (QED) is 0.566. The maximum atomic E-state index is 10.3. The van der Waals surface area contributed by atoms with E-state index in [-0.39, 0.29) is 6.10 Å². The van der Waals surface area contributed by atoms with Crippen molar-refractivity contribution >= 4 is 0 Å². The predicted molar refractivity (Wildman–Crippen MR) is 116 cm³/mol. The Kier molecular flexibility index (Phi) is 5.37. The molecule has 4 unspecified atom stereocenters.